The van der Waals surface area contributed by atoms with Gasteiger partial charge in [0, 0.05) is 44.7 Å². The standard InChI is InChI=1S/C29H32ClF5N6O3S2/c1-18(2)16-39-9-11-40(12-10-39)27-37-21(13-22(38-27)19-3-5-20(6-4-19)29(33,34)35)15-36-26(42)23-14-28(31,32)17-41(23)46(43,44)25-8-7-24(30)45-25/h3-8,13,18,23H,9-12,14-17H2,1-2H3,(H,36,42)/t23-/m0/s1. The molecule has 3 aromatic rings. The van der Waals surface area contributed by atoms with E-state index in [1.807, 2.05) is 4.90 Å². The van der Waals surface area contributed by atoms with Crippen molar-refractivity contribution in [3.05, 3.63) is 58.1 Å². The molecule has 17 heteroatoms. The maximum absolute atomic E-state index is 14.5. The first-order valence-corrected chi connectivity index (χ1v) is 17.1. The van der Waals surface area contributed by atoms with Crippen LogP contribution in [-0.2, 0) is 27.5 Å². The summed E-state index contributed by atoms with van der Waals surface area (Å²) >= 11 is 6.56. The Kier molecular flexibility index (Phi) is 9.95. The van der Waals surface area contributed by atoms with Gasteiger partial charge in [0.25, 0.3) is 15.9 Å². The summed E-state index contributed by atoms with van der Waals surface area (Å²) in [5, 5.41) is 2.54. The molecule has 46 heavy (non-hydrogen) atoms. The van der Waals surface area contributed by atoms with E-state index in [1.54, 1.807) is 0 Å². The lowest BCUT2D eigenvalue weighted by Crippen LogP contribution is -2.48. The number of benzene rings is 1. The molecule has 2 aliphatic heterocycles. The smallest absolute Gasteiger partial charge is 0.349 e. The van der Waals surface area contributed by atoms with E-state index in [1.165, 1.54) is 30.3 Å². The van der Waals surface area contributed by atoms with Crippen LogP contribution in [0, 0.1) is 5.92 Å². The minimum atomic E-state index is -4.52. The van der Waals surface area contributed by atoms with E-state index in [0.717, 1.165) is 31.8 Å². The first kappa shape index (κ1) is 34.4. The van der Waals surface area contributed by atoms with Gasteiger partial charge in [0.1, 0.15) is 10.3 Å². The van der Waals surface area contributed by atoms with E-state index in [0.29, 0.717) is 51.9 Å². The molecule has 0 spiro atoms. The highest BCUT2D eigenvalue weighted by atomic mass is 35.5. The first-order chi connectivity index (χ1) is 21.5. The minimum Gasteiger partial charge on any atom is -0.349 e. The summed E-state index contributed by atoms with van der Waals surface area (Å²) in [6.07, 6.45) is -5.53. The second kappa shape index (κ2) is 13.3. The van der Waals surface area contributed by atoms with E-state index in [2.05, 4.69) is 34.0 Å². The maximum atomic E-state index is 14.5. The molecule has 1 atom stereocenters. The molecule has 5 rings (SSSR count). The Morgan fingerprint density at radius 2 is 1.76 bits per heavy atom. The summed E-state index contributed by atoms with van der Waals surface area (Å²) < 4.78 is 95.3. The van der Waals surface area contributed by atoms with Crippen molar-refractivity contribution in [1.29, 1.82) is 0 Å². The number of piperazine rings is 1. The third-order valence-electron chi connectivity index (χ3n) is 7.64. The molecule has 0 aliphatic carbocycles. The van der Waals surface area contributed by atoms with Gasteiger partial charge in [0.2, 0.25) is 11.9 Å². The molecule has 4 heterocycles. The molecule has 2 saturated heterocycles. The molecule has 1 amide bonds. The molecule has 2 fully saturated rings. The number of thiophene rings is 1. The van der Waals surface area contributed by atoms with Gasteiger partial charge in [-0.3, -0.25) is 9.69 Å². The van der Waals surface area contributed by atoms with Crippen molar-refractivity contribution >= 4 is 44.8 Å². The molecule has 1 aromatic carbocycles. The van der Waals surface area contributed by atoms with Gasteiger partial charge >= 0.3 is 6.18 Å². The van der Waals surface area contributed by atoms with E-state index in [9.17, 15) is 35.2 Å². The number of amides is 1. The highest BCUT2D eigenvalue weighted by molar-refractivity contribution is 7.91. The van der Waals surface area contributed by atoms with Crippen LogP contribution >= 0.6 is 22.9 Å². The molecular weight excluding hydrogens is 675 g/mol. The van der Waals surface area contributed by atoms with Gasteiger partial charge in [-0.05, 0) is 36.2 Å². The Morgan fingerprint density at radius 1 is 1.09 bits per heavy atom. The zero-order valence-electron chi connectivity index (χ0n) is 24.9. The van der Waals surface area contributed by atoms with Crippen molar-refractivity contribution in [1.82, 2.24) is 24.5 Å². The summed E-state index contributed by atoms with van der Waals surface area (Å²) in [7, 11) is -4.45. The third-order valence-corrected chi connectivity index (χ3v) is 11.2. The second-order valence-electron chi connectivity index (χ2n) is 11.7. The Morgan fingerprint density at radius 3 is 2.35 bits per heavy atom. The Bertz CT molecular complexity index is 1660. The molecule has 9 nitrogen and oxygen atoms in total. The Balaban J connectivity index is 1.39. The average molecular weight is 707 g/mol. The van der Waals surface area contributed by atoms with Crippen molar-refractivity contribution in [2.75, 3.05) is 44.2 Å². The van der Waals surface area contributed by atoms with Crippen LogP contribution in [0.15, 0.2) is 46.7 Å². The van der Waals surface area contributed by atoms with Crippen molar-refractivity contribution < 1.29 is 35.2 Å². The summed E-state index contributed by atoms with van der Waals surface area (Å²) in [4.78, 5) is 26.7. The van der Waals surface area contributed by atoms with Crippen LogP contribution in [0.3, 0.4) is 0 Å². The topological polar surface area (TPSA) is 98.7 Å². The number of rotatable bonds is 9. The zero-order valence-corrected chi connectivity index (χ0v) is 27.3. The van der Waals surface area contributed by atoms with Gasteiger partial charge in [-0.2, -0.15) is 17.5 Å². The van der Waals surface area contributed by atoms with Crippen molar-refractivity contribution in [3.8, 4) is 11.3 Å². The molecule has 0 radical (unpaired) electrons. The van der Waals surface area contributed by atoms with Crippen LogP contribution in [0.1, 0.15) is 31.5 Å². The number of anilines is 1. The van der Waals surface area contributed by atoms with Crippen LogP contribution in [0.2, 0.25) is 4.34 Å². The second-order valence-corrected chi connectivity index (χ2v) is 15.5. The van der Waals surface area contributed by atoms with E-state index in [-0.39, 0.29) is 20.8 Å². The predicted octanol–water partition coefficient (Wildman–Crippen LogP) is 5.37. The van der Waals surface area contributed by atoms with Crippen LogP contribution in [0.4, 0.5) is 27.9 Å². The number of carbonyl (C=O) groups excluding carboxylic acids is 1. The minimum absolute atomic E-state index is 0.148. The number of halogens is 6. The number of aromatic nitrogens is 2. The summed E-state index contributed by atoms with van der Waals surface area (Å²) in [6.45, 7) is 6.41. The first-order valence-electron chi connectivity index (χ1n) is 14.5. The predicted molar refractivity (Wildman–Crippen MR) is 164 cm³/mol. The lowest BCUT2D eigenvalue weighted by molar-refractivity contribution is -0.137. The van der Waals surface area contributed by atoms with Gasteiger partial charge in [-0.1, -0.05) is 37.6 Å². The molecule has 1 N–H and O–H groups in total. The van der Waals surface area contributed by atoms with E-state index >= 15 is 0 Å². The third kappa shape index (κ3) is 7.95. The van der Waals surface area contributed by atoms with E-state index < -0.39 is 52.6 Å². The molecule has 0 unspecified atom stereocenters. The van der Waals surface area contributed by atoms with Crippen LogP contribution < -0.4 is 10.2 Å². The fraction of sp³-hybridized carbons (Fsp3) is 0.483. The highest BCUT2D eigenvalue weighted by Crippen LogP contribution is 2.38. The lowest BCUT2D eigenvalue weighted by atomic mass is 10.1. The quantitative estimate of drug-likeness (QED) is 0.299. The van der Waals surface area contributed by atoms with Crippen LogP contribution in [0.25, 0.3) is 11.3 Å². The van der Waals surface area contributed by atoms with Crippen LogP contribution in [0.5, 0.6) is 0 Å². The maximum Gasteiger partial charge on any atom is 0.416 e. The lowest BCUT2D eigenvalue weighted by Gasteiger charge is -2.35. The Hall–Kier alpha value is -2.92. The number of alkyl halides is 5. The number of carbonyl (C=O) groups is 1. The summed E-state index contributed by atoms with van der Waals surface area (Å²) in [5.74, 6) is -3.60. The van der Waals surface area contributed by atoms with Gasteiger partial charge in [-0.15, -0.1) is 11.3 Å². The van der Waals surface area contributed by atoms with Crippen molar-refractivity contribution in [2.24, 2.45) is 5.92 Å². The monoisotopic (exact) mass is 706 g/mol. The number of nitrogens with one attached hydrogen (secondary N) is 1. The number of nitrogens with zero attached hydrogens (tertiary/aromatic N) is 5. The zero-order chi connectivity index (χ0) is 33.4. The van der Waals surface area contributed by atoms with Gasteiger partial charge in [0.15, 0.2) is 0 Å². The molecular formula is C29H32ClF5N6O3S2. The Labute approximate surface area is 272 Å². The highest BCUT2D eigenvalue weighted by Gasteiger charge is 2.53. The fourth-order valence-electron chi connectivity index (χ4n) is 5.45. The van der Waals surface area contributed by atoms with Gasteiger partial charge in [-0.25, -0.2) is 27.2 Å². The normalized spacial score (nSPS) is 19.6. The average Bonchev–Trinajstić information content (AvgIpc) is 3.58. The van der Waals surface area contributed by atoms with Crippen molar-refractivity contribution in [2.45, 2.75) is 49.2 Å². The summed E-state index contributed by atoms with van der Waals surface area (Å²) in [6, 6.07) is 6.79. The number of sulfonamides is 1. The van der Waals surface area contributed by atoms with Crippen molar-refractivity contribution in [3.63, 3.8) is 0 Å². The number of hydrogen-bond acceptors (Lipinski definition) is 8. The van der Waals surface area contributed by atoms with Gasteiger partial charge < -0.3 is 10.2 Å². The molecule has 0 bridgehead atoms. The molecule has 250 valence electrons. The molecule has 2 aromatic heterocycles. The molecule has 0 saturated carbocycles. The molecule has 2 aliphatic rings. The van der Waals surface area contributed by atoms with E-state index in [4.69, 9.17) is 11.6 Å². The summed E-state index contributed by atoms with van der Waals surface area (Å²) in [5.41, 5.74) is 0.128. The largest absolute Gasteiger partial charge is 0.416 e. The number of hydrogen-bond donors (Lipinski definition) is 1. The fourth-order valence-corrected chi connectivity index (χ4v) is 8.68. The van der Waals surface area contributed by atoms with Gasteiger partial charge in [0.05, 0.1) is 34.4 Å². The SMILES string of the molecule is CC(C)CN1CCN(c2nc(CNC(=O)[C@@H]3CC(F)(F)CN3S(=O)(=O)c3ccc(Cl)s3)cc(-c3ccc(C(F)(F)F)cc3)n2)CC1. The van der Waals surface area contributed by atoms with Crippen LogP contribution in [-0.4, -0.2) is 84.7 Å².